The van der Waals surface area contributed by atoms with Crippen LogP contribution in [0.2, 0.25) is 0 Å². The molecule has 0 spiro atoms. The first kappa shape index (κ1) is 46.4. The number of rotatable bonds is 36. The topological polar surface area (TPSA) is 52.6 Å². The molecule has 1 atom stereocenters. The molecular weight excluding hydrogens is 594 g/mol. The van der Waals surface area contributed by atoms with E-state index in [4.69, 9.17) is 9.47 Å². The van der Waals surface area contributed by atoms with Gasteiger partial charge in [-0.3, -0.25) is 9.59 Å². The zero-order valence-corrected chi connectivity index (χ0v) is 32.9. The molecule has 0 N–H and O–H groups in total. The Kier molecular flexibility index (Phi) is 34.0. The lowest BCUT2D eigenvalue weighted by Crippen LogP contribution is -2.44. The fraction of sp³-hybridized carbons (Fsp3) is 0.860. The summed E-state index contributed by atoms with van der Waals surface area (Å²) in [5, 5.41) is 0. The van der Waals surface area contributed by atoms with Gasteiger partial charge in [0.25, 0.3) is 0 Å². The van der Waals surface area contributed by atoms with Crippen molar-refractivity contribution < 1.29 is 23.5 Å². The predicted molar refractivity (Wildman–Crippen MR) is 207 cm³/mol. The Labute approximate surface area is 299 Å². The van der Waals surface area contributed by atoms with E-state index in [1.165, 1.54) is 135 Å². The van der Waals surface area contributed by atoms with E-state index in [1.807, 2.05) is 0 Å². The molecule has 5 nitrogen and oxygen atoms in total. The summed E-state index contributed by atoms with van der Waals surface area (Å²) in [7, 11) is 6.17. The van der Waals surface area contributed by atoms with Gasteiger partial charge in [-0.05, 0) is 64.2 Å². The van der Waals surface area contributed by atoms with Crippen molar-refractivity contribution in [3.05, 3.63) is 24.3 Å². The Bertz CT molecular complexity index is 769. The lowest BCUT2D eigenvalue weighted by Gasteiger charge is -2.28. The van der Waals surface area contributed by atoms with Crippen LogP contribution >= 0.6 is 0 Å². The van der Waals surface area contributed by atoms with Crippen LogP contribution in [-0.4, -0.2) is 56.8 Å². The highest BCUT2D eigenvalue weighted by molar-refractivity contribution is 5.72. The second-order valence-electron chi connectivity index (χ2n) is 15.3. The molecule has 0 bridgehead atoms. The van der Waals surface area contributed by atoms with Crippen LogP contribution < -0.4 is 0 Å². The Morgan fingerprint density at radius 2 is 0.875 bits per heavy atom. The maximum absolute atomic E-state index is 12.6. The SMILES string of the molecule is CCCCCCCCC=CCCCCCCCCOC(=O)CC(C[N+](C)(C)C)OC(=O)CCCCCCCC=CCCCCCCCC. The predicted octanol–water partition coefficient (Wildman–Crippen LogP) is 12.6. The first-order valence-electron chi connectivity index (χ1n) is 20.7. The number of carbonyl (C=O) groups is 2. The summed E-state index contributed by atoms with van der Waals surface area (Å²) in [4.78, 5) is 25.1. The molecule has 0 aliphatic rings. The van der Waals surface area contributed by atoms with Gasteiger partial charge in [0.05, 0.1) is 34.2 Å². The average molecular weight is 677 g/mol. The fourth-order valence-electron chi connectivity index (χ4n) is 6.12. The van der Waals surface area contributed by atoms with Gasteiger partial charge in [-0.15, -0.1) is 0 Å². The molecule has 0 aliphatic carbocycles. The average Bonchev–Trinajstić information content (AvgIpc) is 3.03. The van der Waals surface area contributed by atoms with Gasteiger partial charge >= 0.3 is 11.9 Å². The zero-order valence-electron chi connectivity index (χ0n) is 32.9. The lowest BCUT2D eigenvalue weighted by atomic mass is 10.1. The van der Waals surface area contributed by atoms with Crippen molar-refractivity contribution in [2.45, 2.75) is 206 Å². The third-order valence-electron chi connectivity index (χ3n) is 9.01. The number of hydrogen-bond donors (Lipinski definition) is 0. The third kappa shape index (κ3) is 37.2. The number of hydrogen-bond acceptors (Lipinski definition) is 4. The number of likely N-dealkylation sites (N-methyl/N-ethyl adjacent to an activating group) is 1. The molecule has 0 aromatic rings. The molecule has 0 amide bonds. The minimum atomic E-state index is -0.437. The van der Waals surface area contributed by atoms with Gasteiger partial charge in [0.1, 0.15) is 6.54 Å². The van der Waals surface area contributed by atoms with Gasteiger partial charge in [-0.25, -0.2) is 0 Å². The molecule has 0 radical (unpaired) electrons. The number of esters is 2. The summed E-state index contributed by atoms with van der Waals surface area (Å²) in [6.45, 7) is 5.59. The van der Waals surface area contributed by atoms with Crippen LogP contribution in [0.3, 0.4) is 0 Å². The molecule has 0 fully saturated rings. The van der Waals surface area contributed by atoms with E-state index >= 15 is 0 Å². The summed E-state index contributed by atoms with van der Waals surface area (Å²) in [5.74, 6) is -0.442. The molecule has 1 unspecified atom stereocenters. The highest BCUT2D eigenvalue weighted by Gasteiger charge is 2.25. The smallest absolute Gasteiger partial charge is 0.309 e. The van der Waals surface area contributed by atoms with Crippen molar-refractivity contribution in [3.8, 4) is 0 Å². The van der Waals surface area contributed by atoms with Gasteiger partial charge in [-0.1, -0.05) is 147 Å². The van der Waals surface area contributed by atoms with Crippen LogP contribution in [0.4, 0.5) is 0 Å². The highest BCUT2D eigenvalue weighted by Crippen LogP contribution is 2.14. The van der Waals surface area contributed by atoms with E-state index in [0.29, 0.717) is 24.1 Å². The standard InChI is InChI=1S/C43H82NO4/c1-6-8-10-12-14-16-18-20-22-24-26-28-30-32-34-36-38-47-43(46)39-41(40-44(3,4)5)48-42(45)37-35-33-31-29-27-25-23-21-19-17-15-13-11-9-7-2/h20-23,41H,6-19,24-40H2,1-5H3/q+1. The largest absolute Gasteiger partial charge is 0.466 e. The molecule has 0 aliphatic heterocycles. The molecule has 0 aromatic carbocycles. The molecular formula is C43H82NO4+. The van der Waals surface area contributed by atoms with Crippen molar-refractivity contribution >= 4 is 11.9 Å². The van der Waals surface area contributed by atoms with Crippen LogP contribution in [0.15, 0.2) is 24.3 Å². The molecule has 5 heteroatoms. The Hall–Kier alpha value is -1.62. The quantitative estimate of drug-likeness (QED) is 0.0287. The van der Waals surface area contributed by atoms with E-state index in [0.717, 1.165) is 38.5 Å². The highest BCUT2D eigenvalue weighted by atomic mass is 16.6. The van der Waals surface area contributed by atoms with Crippen LogP contribution in [0.1, 0.15) is 200 Å². The van der Waals surface area contributed by atoms with Gasteiger partial charge in [-0.2, -0.15) is 0 Å². The zero-order chi connectivity index (χ0) is 35.4. The monoisotopic (exact) mass is 677 g/mol. The summed E-state index contributed by atoms with van der Waals surface area (Å²) in [5.41, 5.74) is 0. The van der Waals surface area contributed by atoms with Crippen LogP contribution in [0.5, 0.6) is 0 Å². The number of unbranched alkanes of at least 4 members (excludes halogenated alkanes) is 23. The third-order valence-corrected chi connectivity index (χ3v) is 9.01. The Morgan fingerprint density at radius 1 is 0.500 bits per heavy atom. The molecule has 0 saturated heterocycles. The second kappa shape index (κ2) is 35.2. The van der Waals surface area contributed by atoms with E-state index in [-0.39, 0.29) is 18.4 Å². The van der Waals surface area contributed by atoms with Crippen molar-refractivity contribution in [1.29, 1.82) is 0 Å². The first-order chi connectivity index (χ1) is 23.3. The van der Waals surface area contributed by atoms with Crippen LogP contribution in [0, 0.1) is 0 Å². The summed E-state index contributed by atoms with van der Waals surface area (Å²) in [6.07, 6.45) is 43.3. The minimum absolute atomic E-state index is 0.139. The summed E-state index contributed by atoms with van der Waals surface area (Å²) < 4.78 is 11.9. The van der Waals surface area contributed by atoms with Gasteiger partial charge in [0.2, 0.25) is 0 Å². The van der Waals surface area contributed by atoms with E-state index in [1.54, 1.807) is 0 Å². The summed E-state index contributed by atoms with van der Waals surface area (Å²) >= 11 is 0. The Balaban J connectivity index is 3.88. The normalized spacial score (nSPS) is 12.7. The van der Waals surface area contributed by atoms with Crippen molar-refractivity contribution in [2.75, 3.05) is 34.3 Å². The maximum atomic E-state index is 12.6. The fourth-order valence-corrected chi connectivity index (χ4v) is 6.12. The minimum Gasteiger partial charge on any atom is -0.466 e. The van der Waals surface area contributed by atoms with Gasteiger partial charge < -0.3 is 14.0 Å². The van der Waals surface area contributed by atoms with Crippen LogP contribution in [-0.2, 0) is 19.1 Å². The van der Waals surface area contributed by atoms with Crippen molar-refractivity contribution in [1.82, 2.24) is 0 Å². The van der Waals surface area contributed by atoms with E-state index in [2.05, 4.69) is 59.3 Å². The van der Waals surface area contributed by atoms with Crippen molar-refractivity contribution in [3.63, 3.8) is 0 Å². The lowest BCUT2D eigenvalue weighted by molar-refractivity contribution is -0.873. The van der Waals surface area contributed by atoms with Gasteiger partial charge in [0.15, 0.2) is 6.10 Å². The molecule has 0 aromatic heterocycles. The van der Waals surface area contributed by atoms with Crippen molar-refractivity contribution in [2.24, 2.45) is 0 Å². The van der Waals surface area contributed by atoms with Crippen LogP contribution in [0.25, 0.3) is 0 Å². The van der Waals surface area contributed by atoms with E-state index < -0.39 is 6.10 Å². The Morgan fingerprint density at radius 3 is 1.29 bits per heavy atom. The number of nitrogens with zero attached hydrogens (tertiary/aromatic N) is 1. The molecule has 282 valence electrons. The maximum Gasteiger partial charge on any atom is 0.309 e. The molecule has 0 heterocycles. The first-order valence-corrected chi connectivity index (χ1v) is 20.7. The molecule has 0 saturated carbocycles. The van der Waals surface area contributed by atoms with Gasteiger partial charge in [0, 0.05) is 6.42 Å². The molecule has 48 heavy (non-hydrogen) atoms. The summed E-state index contributed by atoms with van der Waals surface area (Å²) in [6, 6.07) is 0. The van der Waals surface area contributed by atoms with E-state index in [9.17, 15) is 9.59 Å². The number of carbonyl (C=O) groups excluding carboxylic acids is 2. The second-order valence-corrected chi connectivity index (χ2v) is 15.3. The molecule has 0 rings (SSSR count). The number of quaternary nitrogens is 1. The number of allylic oxidation sites excluding steroid dienone is 4. The number of ether oxygens (including phenoxy) is 2.